The predicted octanol–water partition coefficient (Wildman–Crippen LogP) is 0.456. The smallest absolute Gasteiger partial charge is 0.268 e. The molecule has 6 nitrogen and oxygen atoms in total. The van der Waals surface area contributed by atoms with Crippen LogP contribution >= 0.6 is 0 Å². The van der Waals surface area contributed by atoms with E-state index in [0.717, 1.165) is 32.6 Å². The Hall–Kier alpha value is -1.53. The second kappa shape index (κ2) is 6.95. The molecular weight excluding hydrogens is 266 g/mol. The molecule has 21 heavy (non-hydrogen) atoms. The molecule has 0 aliphatic carbocycles. The Kier molecular flexibility index (Phi) is 5.25. The molecule has 2 heterocycles. The fraction of sp³-hybridized carbons (Fsp3) is 0.667. The minimum atomic E-state index is -0.0400. The van der Waals surface area contributed by atoms with E-state index in [1.807, 2.05) is 10.8 Å². The predicted molar refractivity (Wildman–Crippen MR) is 85.4 cm³/mol. The number of hydrogen-bond donors (Lipinski definition) is 2. The van der Waals surface area contributed by atoms with Crippen LogP contribution in [0.25, 0.3) is 0 Å². The van der Waals surface area contributed by atoms with Gasteiger partial charge in [0.15, 0.2) is 0 Å². The zero-order valence-electron chi connectivity index (χ0n) is 13.3. The van der Waals surface area contributed by atoms with Crippen LogP contribution in [-0.2, 0) is 6.54 Å². The van der Waals surface area contributed by atoms with Crippen LogP contribution in [0.3, 0.4) is 0 Å². The molecule has 0 spiro atoms. The van der Waals surface area contributed by atoms with E-state index in [4.69, 9.17) is 5.73 Å². The van der Waals surface area contributed by atoms with Crippen LogP contribution in [0.5, 0.6) is 0 Å². The summed E-state index contributed by atoms with van der Waals surface area (Å²) in [5.41, 5.74) is 7.11. The molecule has 1 atom stereocenters. The van der Waals surface area contributed by atoms with Crippen molar-refractivity contribution in [3.63, 3.8) is 0 Å². The number of rotatable bonds is 5. The van der Waals surface area contributed by atoms with Crippen LogP contribution in [0.2, 0.25) is 0 Å². The summed E-state index contributed by atoms with van der Waals surface area (Å²) >= 11 is 0. The van der Waals surface area contributed by atoms with Crippen LogP contribution in [0.4, 0.5) is 5.69 Å². The number of carbonyl (C=O) groups is 1. The molecular formula is C15H27N5O. The topological polar surface area (TPSA) is 66.5 Å². The number of anilines is 1. The summed E-state index contributed by atoms with van der Waals surface area (Å²) in [4.78, 5) is 17.0. The second-order valence-corrected chi connectivity index (χ2v) is 5.96. The average Bonchev–Trinajstić information content (AvgIpc) is 2.81. The number of nitrogens with zero attached hydrogens (tertiary/aromatic N) is 3. The average molecular weight is 293 g/mol. The van der Waals surface area contributed by atoms with E-state index < -0.39 is 0 Å². The zero-order valence-corrected chi connectivity index (χ0v) is 13.3. The molecule has 118 valence electrons. The zero-order chi connectivity index (χ0) is 15.4. The van der Waals surface area contributed by atoms with E-state index in [-0.39, 0.29) is 5.91 Å². The van der Waals surface area contributed by atoms with Gasteiger partial charge in [-0.2, -0.15) is 0 Å². The number of likely N-dealkylation sites (N-methyl/N-ethyl adjacent to an activating group) is 2. The van der Waals surface area contributed by atoms with Gasteiger partial charge in [0, 0.05) is 45.0 Å². The number of aromatic nitrogens is 1. The van der Waals surface area contributed by atoms with Crippen LogP contribution in [0, 0.1) is 0 Å². The number of amides is 1. The Morgan fingerprint density at radius 1 is 1.43 bits per heavy atom. The highest BCUT2D eigenvalue weighted by molar-refractivity contribution is 5.93. The van der Waals surface area contributed by atoms with Crippen LogP contribution in [-0.4, -0.2) is 66.6 Å². The van der Waals surface area contributed by atoms with Crippen molar-refractivity contribution in [3.8, 4) is 0 Å². The fourth-order valence-electron chi connectivity index (χ4n) is 2.77. The van der Waals surface area contributed by atoms with Crippen molar-refractivity contribution in [2.24, 2.45) is 0 Å². The fourth-order valence-corrected chi connectivity index (χ4v) is 2.77. The first-order chi connectivity index (χ1) is 10.0. The summed E-state index contributed by atoms with van der Waals surface area (Å²) in [6, 6.07) is 2.11. The molecule has 1 fully saturated rings. The Bertz CT molecular complexity index is 484. The molecule has 1 aliphatic heterocycles. The van der Waals surface area contributed by atoms with Gasteiger partial charge in [0.05, 0.1) is 5.69 Å². The molecule has 2 rings (SSSR count). The van der Waals surface area contributed by atoms with Gasteiger partial charge in [-0.05, 0) is 26.6 Å². The van der Waals surface area contributed by atoms with Gasteiger partial charge in [0.1, 0.15) is 5.69 Å². The summed E-state index contributed by atoms with van der Waals surface area (Å²) < 4.78 is 1.93. The molecule has 1 aliphatic rings. The van der Waals surface area contributed by atoms with Crippen molar-refractivity contribution >= 4 is 11.6 Å². The molecule has 0 saturated carbocycles. The van der Waals surface area contributed by atoms with E-state index in [1.165, 1.54) is 0 Å². The van der Waals surface area contributed by atoms with Gasteiger partial charge in [0.2, 0.25) is 0 Å². The maximum Gasteiger partial charge on any atom is 0.268 e. The first-order valence-electron chi connectivity index (χ1n) is 7.64. The largest absolute Gasteiger partial charge is 0.397 e. The van der Waals surface area contributed by atoms with E-state index in [2.05, 4.69) is 36.1 Å². The van der Waals surface area contributed by atoms with Crippen LogP contribution < -0.4 is 11.1 Å². The quantitative estimate of drug-likeness (QED) is 0.827. The van der Waals surface area contributed by atoms with Gasteiger partial charge in [-0.25, -0.2) is 0 Å². The molecule has 1 aromatic heterocycles. The van der Waals surface area contributed by atoms with Crippen molar-refractivity contribution < 1.29 is 4.79 Å². The Balaban J connectivity index is 1.95. The van der Waals surface area contributed by atoms with Crippen LogP contribution in [0.15, 0.2) is 12.3 Å². The molecule has 1 saturated heterocycles. The maximum atomic E-state index is 12.4. The lowest BCUT2D eigenvalue weighted by atomic mass is 10.2. The third-order valence-electron chi connectivity index (χ3n) is 4.09. The molecule has 0 radical (unpaired) electrons. The number of carbonyl (C=O) groups excluding carboxylic acids is 1. The van der Waals surface area contributed by atoms with Crippen LogP contribution in [0.1, 0.15) is 23.8 Å². The Morgan fingerprint density at radius 3 is 2.90 bits per heavy atom. The lowest BCUT2D eigenvalue weighted by Gasteiger charge is -2.37. The van der Waals surface area contributed by atoms with E-state index in [0.29, 0.717) is 24.0 Å². The molecule has 0 aromatic carbocycles. The minimum Gasteiger partial charge on any atom is -0.397 e. The SMILES string of the molecule is CCCn1cc(N)cc1C(=O)NCC1CN(C)CCN1C. The third-order valence-corrected chi connectivity index (χ3v) is 4.09. The van der Waals surface area contributed by atoms with E-state index in [1.54, 1.807) is 6.07 Å². The van der Waals surface area contributed by atoms with E-state index >= 15 is 0 Å². The van der Waals surface area contributed by atoms with Gasteiger partial charge in [0.25, 0.3) is 5.91 Å². The summed E-state index contributed by atoms with van der Waals surface area (Å²) in [6.45, 7) is 6.66. The van der Waals surface area contributed by atoms with Crippen molar-refractivity contribution in [1.82, 2.24) is 19.7 Å². The number of aryl methyl sites for hydroxylation is 1. The number of nitrogens with two attached hydrogens (primary N) is 1. The first kappa shape index (κ1) is 15.9. The first-order valence-corrected chi connectivity index (χ1v) is 7.64. The number of nitrogens with one attached hydrogen (secondary N) is 1. The Morgan fingerprint density at radius 2 is 2.19 bits per heavy atom. The minimum absolute atomic E-state index is 0.0400. The van der Waals surface area contributed by atoms with Gasteiger partial charge in [-0.3, -0.25) is 9.69 Å². The van der Waals surface area contributed by atoms with Crippen molar-refractivity contribution in [3.05, 3.63) is 18.0 Å². The summed E-state index contributed by atoms with van der Waals surface area (Å²) in [7, 11) is 4.23. The normalized spacial score (nSPS) is 20.6. The number of piperazine rings is 1. The summed E-state index contributed by atoms with van der Waals surface area (Å²) in [6.07, 6.45) is 2.81. The lowest BCUT2D eigenvalue weighted by Crippen LogP contribution is -2.54. The molecule has 3 N–H and O–H groups in total. The van der Waals surface area contributed by atoms with E-state index in [9.17, 15) is 4.79 Å². The van der Waals surface area contributed by atoms with Gasteiger partial charge >= 0.3 is 0 Å². The maximum absolute atomic E-state index is 12.4. The molecule has 0 bridgehead atoms. The lowest BCUT2D eigenvalue weighted by molar-refractivity contribution is 0.0873. The highest BCUT2D eigenvalue weighted by atomic mass is 16.1. The number of nitrogen functional groups attached to an aromatic ring is 1. The molecule has 1 aromatic rings. The van der Waals surface area contributed by atoms with Crippen molar-refractivity contribution in [2.75, 3.05) is 46.0 Å². The summed E-state index contributed by atoms with van der Waals surface area (Å²) in [5, 5.41) is 3.05. The van der Waals surface area contributed by atoms with Gasteiger partial charge < -0.3 is 20.5 Å². The van der Waals surface area contributed by atoms with Gasteiger partial charge in [-0.15, -0.1) is 0 Å². The molecule has 1 unspecified atom stereocenters. The number of hydrogen-bond acceptors (Lipinski definition) is 4. The summed E-state index contributed by atoms with van der Waals surface area (Å²) in [5.74, 6) is -0.0400. The molecule has 1 amide bonds. The highest BCUT2D eigenvalue weighted by Gasteiger charge is 2.23. The highest BCUT2D eigenvalue weighted by Crippen LogP contribution is 2.12. The van der Waals surface area contributed by atoms with Gasteiger partial charge in [-0.1, -0.05) is 6.92 Å². The molecule has 6 heteroatoms. The monoisotopic (exact) mass is 293 g/mol. The van der Waals surface area contributed by atoms with Crippen molar-refractivity contribution in [1.29, 1.82) is 0 Å². The standard InChI is InChI=1S/C15H27N5O/c1-4-5-20-10-12(16)8-14(20)15(21)17-9-13-11-18(2)6-7-19(13)3/h8,10,13H,4-7,9,11,16H2,1-3H3,(H,17,21). The second-order valence-electron chi connectivity index (χ2n) is 5.96. The third kappa shape index (κ3) is 3.98. The van der Waals surface area contributed by atoms with Crippen molar-refractivity contribution in [2.45, 2.75) is 25.9 Å². The Labute approximate surface area is 126 Å².